The van der Waals surface area contributed by atoms with E-state index in [1.165, 1.54) is 30.5 Å². The van der Waals surface area contributed by atoms with Gasteiger partial charge in [0.1, 0.15) is 21.7 Å². The summed E-state index contributed by atoms with van der Waals surface area (Å²) in [5, 5.41) is 0.223. The number of anilines is 2. The molecule has 0 aromatic carbocycles. The average molecular weight is 424 g/mol. The second-order valence-corrected chi connectivity index (χ2v) is 9.36. The fraction of sp³-hybridized carbons (Fsp3) is 0.389. The third kappa shape index (κ3) is 3.64. The molecular formula is C18H22ClN5O3S. The van der Waals surface area contributed by atoms with E-state index in [1.54, 1.807) is 0 Å². The zero-order valence-electron chi connectivity index (χ0n) is 15.8. The lowest BCUT2D eigenvalue weighted by Crippen LogP contribution is -2.43. The lowest BCUT2D eigenvalue weighted by atomic mass is 9.90. The minimum Gasteiger partial charge on any atom is -0.383 e. The number of nitrogen functional groups attached to an aromatic ring is 1. The van der Waals surface area contributed by atoms with Crippen LogP contribution in [0.4, 0.5) is 11.6 Å². The summed E-state index contributed by atoms with van der Waals surface area (Å²) in [5.74, 6) is -0.277. The van der Waals surface area contributed by atoms with E-state index < -0.39 is 15.9 Å². The first-order chi connectivity index (χ1) is 13.0. The summed E-state index contributed by atoms with van der Waals surface area (Å²) in [4.78, 5) is 22.7. The zero-order valence-corrected chi connectivity index (χ0v) is 17.4. The summed E-state index contributed by atoms with van der Waals surface area (Å²) in [7, 11) is -4.19. The van der Waals surface area contributed by atoms with Gasteiger partial charge < -0.3 is 10.6 Å². The standard InChI is InChI=1S/C18H22ClN5O3S/c1-11-8-10-24(18(11,2)3)16-12(6-7-14(19)22-16)17(25)23-28(26,27)13-5-4-9-21-15(13)20/h4-7,9,11H,8,10H2,1-3H3,(H2,20,21)(H,23,25). The van der Waals surface area contributed by atoms with Crippen molar-refractivity contribution in [3.63, 3.8) is 0 Å². The summed E-state index contributed by atoms with van der Waals surface area (Å²) in [6.45, 7) is 6.92. The normalized spacial score (nSPS) is 18.9. The molecule has 1 amide bonds. The highest BCUT2D eigenvalue weighted by atomic mass is 35.5. The maximum absolute atomic E-state index is 12.9. The van der Waals surface area contributed by atoms with Crippen molar-refractivity contribution in [2.24, 2.45) is 5.92 Å². The van der Waals surface area contributed by atoms with Crippen LogP contribution in [0, 0.1) is 5.92 Å². The Balaban J connectivity index is 1.99. The summed E-state index contributed by atoms with van der Waals surface area (Å²) < 4.78 is 27.3. The molecule has 0 bridgehead atoms. The Morgan fingerprint density at radius 2 is 2.07 bits per heavy atom. The van der Waals surface area contributed by atoms with Crippen LogP contribution >= 0.6 is 11.6 Å². The number of nitrogens with zero attached hydrogens (tertiary/aromatic N) is 3. The van der Waals surface area contributed by atoms with E-state index in [0.717, 1.165) is 6.42 Å². The van der Waals surface area contributed by atoms with Crippen LogP contribution in [0.1, 0.15) is 37.6 Å². The van der Waals surface area contributed by atoms with Crippen LogP contribution in [-0.4, -0.2) is 36.4 Å². The number of pyridine rings is 2. The molecule has 3 rings (SSSR count). The van der Waals surface area contributed by atoms with Gasteiger partial charge in [-0.1, -0.05) is 18.5 Å². The number of halogens is 1. The SMILES string of the molecule is CC1CCN(c2nc(Cl)ccc2C(=O)NS(=O)(=O)c2cccnc2N)C1(C)C. The van der Waals surface area contributed by atoms with Crippen LogP contribution in [0.5, 0.6) is 0 Å². The van der Waals surface area contributed by atoms with E-state index in [0.29, 0.717) is 18.3 Å². The molecule has 0 aliphatic carbocycles. The molecule has 3 heterocycles. The molecule has 1 unspecified atom stereocenters. The maximum Gasteiger partial charge on any atom is 0.268 e. The molecule has 10 heteroatoms. The molecule has 28 heavy (non-hydrogen) atoms. The molecule has 3 N–H and O–H groups in total. The molecular weight excluding hydrogens is 402 g/mol. The highest BCUT2D eigenvalue weighted by molar-refractivity contribution is 7.90. The summed E-state index contributed by atoms with van der Waals surface area (Å²) in [5.41, 5.74) is 5.50. The van der Waals surface area contributed by atoms with Crippen molar-refractivity contribution in [1.29, 1.82) is 0 Å². The molecule has 0 saturated carbocycles. The van der Waals surface area contributed by atoms with Gasteiger partial charge in [-0.05, 0) is 50.5 Å². The van der Waals surface area contributed by atoms with Gasteiger partial charge in [-0.15, -0.1) is 0 Å². The Bertz CT molecular complexity index is 1030. The molecule has 1 fully saturated rings. The summed E-state index contributed by atoms with van der Waals surface area (Å²) in [6, 6.07) is 5.64. The van der Waals surface area contributed by atoms with Gasteiger partial charge in [0.2, 0.25) is 0 Å². The van der Waals surface area contributed by atoms with E-state index in [9.17, 15) is 13.2 Å². The highest BCUT2D eigenvalue weighted by Crippen LogP contribution is 2.39. The number of sulfonamides is 1. The van der Waals surface area contributed by atoms with Crippen LogP contribution in [0.2, 0.25) is 5.15 Å². The molecule has 1 aliphatic rings. The maximum atomic E-state index is 12.9. The molecule has 2 aromatic heterocycles. The van der Waals surface area contributed by atoms with E-state index in [4.69, 9.17) is 17.3 Å². The van der Waals surface area contributed by atoms with Gasteiger partial charge in [0.05, 0.1) is 5.56 Å². The van der Waals surface area contributed by atoms with E-state index in [1.807, 2.05) is 4.90 Å². The monoisotopic (exact) mass is 423 g/mol. The van der Waals surface area contributed by atoms with Gasteiger partial charge in [-0.3, -0.25) is 4.79 Å². The third-order valence-corrected chi connectivity index (χ3v) is 6.93. The van der Waals surface area contributed by atoms with Crippen molar-refractivity contribution in [2.45, 2.75) is 37.6 Å². The molecule has 2 aromatic rings. The number of carbonyl (C=O) groups is 1. The Hall–Kier alpha value is -2.39. The van der Waals surface area contributed by atoms with Gasteiger partial charge in [-0.25, -0.2) is 23.1 Å². The van der Waals surface area contributed by atoms with Crippen LogP contribution in [0.25, 0.3) is 0 Å². The fourth-order valence-corrected chi connectivity index (χ4v) is 4.47. The summed E-state index contributed by atoms with van der Waals surface area (Å²) in [6.07, 6.45) is 2.29. The van der Waals surface area contributed by atoms with Crippen molar-refractivity contribution >= 4 is 39.2 Å². The van der Waals surface area contributed by atoms with E-state index >= 15 is 0 Å². The van der Waals surface area contributed by atoms with Crippen LogP contribution in [0.15, 0.2) is 35.4 Å². The quantitative estimate of drug-likeness (QED) is 0.725. The molecule has 150 valence electrons. The molecule has 1 atom stereocenters. The van der Waals surface area contributed by atoms with Crippen molar-refractivity contribution in [3.8, 4) is 0 Å². The number of nitrogens with one attached hydrogen (secondary N) is 1. The van der Waals surface area contributed by atoms with Gasteiger partial charge in [0.25, 0.3) is 15.9 Å². The number of aromatic nitrogens is 2. The lowest BCUT2D eigenvalue weighted by molar-refractivity contribution is 0.0981. The first kappa shape index (κ1) is 20.3. The lowest BCUT2D eigenvalue weighted by Gasteiger charge is -2.36. The average Bonchev–Trinajstić information content (AvgIpc) is 2.87. The Kier molecular flexibility index (Phi) is 5.24. The first-order valence-corrected chi connectivity index (χ1v) is 10.6. The Morgan fingerprint density at radius 1 is 1.36 bits per heavy atom. The number of amides is 1. The van der Waals surface area contributed by atoms with Crippen molar-refractivity contribution < 1.29 is 13.2 Å². The molecule has 1 saturated heterocycles. The first-order valence-electron chi connectivity index (χ1n) is 8.76. The molecule has 8 nitrogen and oxygen atoms in total. The molecule has 0 spiro atoms. The van der Waals surface area contributed by atoms with Crippen LogP contribution in [-0.2, 0) is 10.0 Å². The smallest absolute Gasteiger partial charge is 0.268 e. The topological polar surface area (TPSA) is 118 Å². The minimum atomic E-state index is -4.19. The molecule has 0 radical (unpaired) electrons. The predicted molar refractivity (Wildman–Crippen MR) is 108 cm³/mol. The van der Waals surface area contributed by atoms with Crippen molar-refractivity contribution in [2.75, 3.05) is 17.2 Å². The number of hydrogen-bond donors (Lipinski definition) is 2. The fourth-order valence-electron chi connectivity index (χ4n) is 3.28. The van der Waals surface area contributed by atoms with Gasteiger partial charge >= 0.3 is 0 Å². The second-order valence-electron chi connectivity index (χ2n) is 7.32. The number of hydrogen-bond acceptors (Lipinski definition) is 7. The van der Waals surface area contributed by atoms with Crippen molar-refractivity contribution in [1.82, 2.24) is 14.7 Å². The van der Waals surface area contributed by atoms with Crippen molar-refractivity contribution in [3.05, 3.63) is 41.2 Å². The predicted octanol–water partition coefficient (Wildman–Crippen LogP) is 2.46. The Labute approximate surface area is 169 Å². The second kappa shape index (κ2) is 7.21. The minimum absolute atomic E-state index is 0.123. The number of nitrogens with two attached hydrogens (primary N) is 1. The third-order valence-electron chi connectivity index (χ3n) is 5.35. The Morgan fingerprint density at radius 3 is 2.68 bits per heavy atom. The van der Waals surface area contributed by atoms with Crippen LogP contribution < -0.4 is 15.4 Å². The number of rotatable bonds is 4. The van der Waals surface area contributed by atoms with E-state index in [-0.39, 0.29) is 27.0 Å². The largest absolute Gasteiger partial charge is 0.383 e. The van der Waals surface area contributed by atoms with Gasteiger partial charge in [-0.2, -0.15) is 0 Å². The highest BCUT2D eigenvalue weighted by Gasteiger charge is 2.41. The molecule has 1 aliphatic heterocycles. The number of carbonyl (C=O) groups excluding carboxylic acids is 1. The zero-order chi connectivity index (χ0) is 20.7. The summed E-state index contributed by atoms with van der Waals surface area (Å²) >= 11 is 6.07. The van der Waals surface area contributed by atoms with Gasteiger partial charge in [0, 0.05) is 18.3 Å². The van der Waals surface area contributed by atoms with Crippen LogP contribution in [0.3, 0.4) is 0 Å². The van der Waals surface area contributed by atoms with Gasteiger partial charge in [0.15, 0.2) is 0 Å². The van der Waals surface area contributed by atoms with E-state index in [2.05, 4.69) is 35.5 Å².